The Kier molecular flexibility index (Phi) is 54.2. The molecule has 1 amide bonds. The molecule has 0 heterocycles. The van der Waals surface area contributed by atoms with Crippen LogP contribution in [0, 0.1) is 0 Å². The van der Waals surface area contributed by atoms with E-state index in [9.17, 15) is 15.0 Å². The SMILES string of the molecule is CCCCCCCCCCCCCCCCCCCCCCCCCCCCCCCCCCCCCCC(=O)N[C@@H](CO)[C@H](O)CCCCCCCCCCCCCCCC. The topological polar surface area (TPSA) is 69.6 Å². The number of rotatable bonds is 55. The van der Waals surface area contributed by atoms with Gasteiger partial charge in [-0.05, 0) is 12.8 Å². The van der Waals surface area contributed by atoms with Crippen LogP contribution in [-0.4, -0.2) is 34.9 Å². The van der Waals surface area contributed by atoms with E-state index in [0.29, 0.717) is 12.8 Å². The molecule has 0 aliphatic rings. The molecular formula is C58H117NO3. The second-order valence-corrected chi connectivity index (χ2v) is 20.4. The summed E-state index contributed by atoms with van der Waals surface area (Å²) in [6.45, 7) is 4.40. The number of hydrogen-bond acceptors (Lipinski definition) is 3. The Morgan fingerprint density at radius 3 is 0.726 bits per heavy atom. The lowest BCUT2D eigenvalue weighted by molar-refractivity contribution is -0.123. The minimum Gasteiger partial charge on any atom is -0.394 e. The Labute approximate surface area is 391 Å². The zero-order valence-corrected chi connectivity index (χ0v) is 42.9. The Hall–Kier alpha value is -0.610. The third-order valence-corrected chi connectivity index (χ3v) is 14.1. The molecule has 2 atom stereocenters. The molecule has 0 aromatic rings. The van der Waals surface area contributed by atoms with E-state index in [2.05, 4.69) is 19.2 Å². The van der Waals surface area contributed by atoms with E-state index in [-0.39, 0.29) is 12.5 Å². The van der Waals surface area contributed by atoms with Gasteiger partial charge in [-0.3, -0.25) is 4.79 Å². The smallest absolute Gasteiger partial charge is 0.220 e. The molecule has 372 valence electrons. The van der Waals surface area contributed by atoms with Gasteiger partial charge in [-0.1, -0.05) is 328 Å². The second-order valence-electron chi connectivity index (χ2n) is 20.4. The third kappa shape index (κ3) is 50.4. The van der Waals surface area contributed by atoms with Crippen LogP contribution in [0.4, 0.5) is 0 Å². The highest BCUT2D eigenvalue weighted by Gasteiger charge is 2.20. The number of carbonyl (C=O) groups excluding carboxylic acids is 1. The molecule has 0 unspecified atom stereocenters. The Morgan fingerprint density at radius 1 is 0.323 bits per heavy atom. The molecule has 0 radical (unpaired) electrons. The first-order valence-corrected chi connectivity index (χ1v) is 29.2. The molecule has 4 nitrogen and oxygen atoms in total. The van der Waals surface area contributed by atoms with Crippen molar-refractivity contribution >= 4 is 5.91 Å². The molecule has 3 N–H and O–H groups in total. The van der Waals surface area contributed by atoms with Gasteiger partial charge >= 0.3 is 0 Å². The zero-order chi connectivity index (χ0) is 44.9. The van der Waals surface area contributed by atoms with E-state index in [4.69, 9.17) is 0 Å². The summed E-state index contributed by atoms with van der Waals surface area (Å²) in [4.78, 5) is 12.5. The van der Waals surface area contributed by atoms with Gasteiger partial charge in [0.15, 0.2) is 0 Å². The summed E-state index contributed by atoms with van der Waals surface area (Å²) >= 11 is 0. The minimum absolute atomic E-state index is 0.0229. The number of nitrogens with one attached hydrogen (secondary N) is 1. The Morgan fingerprint density at radius 2 is 0.516 bits per heavy atom. The first-order chi connectivity index (χ1) is 30.7. The lowest BCUT2D eigenvalue weighted by atomic mass is 10.0. The lowest BCUT2D eigenvalue weighted by Gasteiger charge is -2.22. The van der Waals surface area contributed by atoms with Gasteiger partial charge in [-0.15, -0.1) is 0 Å². The van der Waals surface area contributed by atoms with E-state index in [1.54, 1.807) is 0 Å². The molecule has 0 aromatic heterocycles. The van der Waals surface area contributed by atoms with Crippen LogP contribution in [0.2, 0.25) is 0 Å². The van der Waals surface area contributed by atoms with E-state index >= 15 is 0 Å². The van der Waals surface area contributed by atoms with E-state index in [0.717, 1.165) is 25.7 Å². The monoisotopic (exact) mass is 876 g/mol. The first kappa shape index (κ1) is 61.4. The van der Waals surface area contributed by atoms with E-state index < -0.39 is 12.1 Å². The number of aliphatic hydroxyl groups excluding tert-OH is 2. The Balaban J connectivity index is 3.32. The van der Waals surface area contributed by atoms with E-state index in [1.807, 2.05) is 0 Å². The van der Waals surface area contributed by atoms with Crippen molar-refractivity contribution in [1.82, 2.24) is 5.32 Å². The second kappa shape index (κ2) is 54.7. The number of aliphatic hydroxyl groups is 2. The van der Waals surface area contributed by atoms with Crippen molar-refractivity contribution in [2.75, 3.05) is 6.61 Å². The van der Waals surface area contributed by atoms with Gasteiger partial charge in [0, 0.05) is 6.42 Å². The molecule has 0 rings (SSSR count). The largest absolute Gasteiger partial charge is 0.394 e. The van der Waals surface area contributed by atoms with Gasteiger partial charge in [0.1, 0.15) is 0 Å². The number of amides is 1. The molecule has 0 bridgehead atoms. The molecule has 4 heteroatoms. The molecule has 62 heavy (non-hydrogen) atoms. The van der Waals surface area contributed by atoms with Crippen LogP contribution in [0.1, 0.15) is 348 Å². The van der Waals surface area contributed by atoms with Crippen LogP contribution in [0.25, 0.3) is 0 Å². The van der Waals surface area contributed by atoms with Crippen LogP contribution in [-0.2, 0) is 4.79 Å². The zero-order valence-electron chi connectivity index (χ0n) is 42.9. The van der Waals surface area contributed by atoms with Gasteiger partial charge in [-0.25, -0.2) is 0 Å². The number of unbranched alkanes of at least 4 members (excludes halogenated alkanes) is 48. The summed E-state index contributed by atoms with van der Waals surface area (Å²) in [5, 5.41) is 23.3. The van der Waals surface area contributed by atoms with Crippen LogP contribution < -0.4 is 5.32 Å². The highest BCUT2D eigenvalue weighted by atomic mass is 16.3. The van der Waals surface area contributed by atoms with Crippen molar-refractivity contribution in [3.63, 3.8) is 0 Å². The van der Waals surface area contributed by atoms with Crippen molar-refractivity contribution in [2.24, 2.45) is 0 Å². The summed E-state index contributed by atoms with van der Waals surface area (Å²) in [7, 11) is 0. The fourth-order valence-corrected chi connectivity index (χ4v) is 9.66. The van der Waals surface area contributed by atoms with Crippen molar-refractivity contribution in [2.45, 2.75) is 360 Å². The van der Waals surface area contributed by atoms with Gasteiger partial charge in [0.05, 0.1) is 18.8 Å². The molecule has 0 saturated heterocycles. The van der Waals surface area contributed by atoms with Crippen molar-refractivity contribution in [3.05, 3.63) is 0 Å². The summed E-state index contributed by atoms with van der Waals surface area (Å²) in [6, 6.07) is -0.530. The van der Waals surface area contributed by atoms with Gasteiger partial charge in [-0.2, -0.15) is 0 Å². The van der Waals surface area contributed by atoms with Gasteiger partial charge in [0.25, 0.3) is 0 Å². The van der Waals surface area contributed by atoms with Crippen LogP contribution >= 0.6 is 0 Å². The minimum atomic E-state index is -0.654. The fourth-order valence-electron chi connectivity index (χ4n) is 9.66. The van der Waals surface area contributed by atoms with Crippen LogP contribution in [0.5, 0.6) is 0 Å². The maximum absolute atomic E-state index is 12.5. The highest BCUT2D eigenvalue weighted by Crippen LogP contribution is 2.19. The van der Waals surface area contributed by atoms with Crippen LogP contribution in [0.3, 0.4) is 0 Å². The van der Waals surface area contributed by atoms with Crippen molar-refractivity contribution in [3.8, 4) is 0 Å². The van der Waals surface area contributed by atoms with Crippen molar-refractivity contribution < 1.29 is 15.0 Å². The number of carbonyl (C=O) groups is 1. The molecule has 0 aliphatic carbocycles. The average molecular weight is 877 g/mol. The first-order valence-electron chi connectivity index (χ1n) is 29.2. The van der Waals surface area contributed by atoms with Gasteiger partial charge < -0.3 is 15.5 Å². The summed E-state index contributed by atoms with van der Waals surface area (Å²) in [5.41, 5.74) is 0. The standard InChI is InChI=1S/C58H117NO3/c1-3-5-7-9-11-13-15-17-19-20-21-22-23-24-25-26-27-28-29-30-31-32-33-34-35-36-37-38-39-40-42-44-46-48-50-52-54-58(62)59-56(55-60)57(61)53-51-49-47-45-43-41-18-16-14-12-10-8-6-4-2/h56-57,60-61H,3-55H2,1-2H3,(H,59,62)/t56-,57+/m0/s1. The Bertz CT molecular complexity index is 819. The molecule has 0 aromatic carbocycles. The summed E-state index contributed by atoms with van der Waals surface area (Å²) < 4.78 is 0. The molecule has 0 fully saturated rings. The third-order valence-electron chi connectivity index (χ3n) is 14.1. The predicted molar refractivity (Wildman–Crippen MR) is 276 cm³/mol. The van der Waals surface area contributed by atoms with E-state index in [1.165, 1.54) is 295 Å². The number of hydrogen-bond donors (Lipinski definition) is 3. The average Bonchev–Trinajstić information content (AvgIpc) is 3.28. The maximum Gasteiger partial charge on any atom is 0.220 e. The normalized spacial score (nSPS) is 12.6. The fraction of sp³-hybridized carbons (Fsp3) is 0.983. The maximum atomic E-state index is 12.5. The highest BCUT2D eigenvalue weighted by molar-refractivity contribution is 5.76. The van der Waals surface area contributed by atoms with Crippen molar-refractivity contribution in [1.29, 1.82) is 0 Å². The summed E-state index contributed by atoms with van der Waals surface area (Å²) in [6.07, 6.45) is 69.8. The summed E-state index contributed by atoms with van der Waals surface area (Å²) in [5.74, 6) is -0.0229. The molecule has 0 aliphatic heterocycles. The molecule has 0 spiro atoms. The molecular weight excluding hydrogens is 759 g/mol. The van der Waals surface area contributed by atoms with Gasteiger partial charge in [0.2, 0.25) is 5.91 Å². The predicted octanol–water partition coefficient (Wildman–Crippen LogP) is 19.1. The van der Waals surface area contributed by atoms with Crippen LogP contribution in [0.15, 0.2) is 0 Å². The quantitative estimate of drug-likeness (QED) is 0.0533. The molecule has 0 saturated carbocycles. The lowest BCUT2D eigenvalue weighted by Crippen LogP contribution is -2.45.